The van der Waals surface area contributed by atoms with E-state index in [1.165, 1.54) is 10.8 Å². The zero-order chi connectivity index (χ0) is 14.8. The first-order valence-electron chi connectivity index (χ1n) is 6.56. The minimum absolute atomic E-state index is 0.607. The summed E-state index contributed by atoms with van der Waals surface area (Å²) in [7, 11) is 1.61. The average Bonchev–Trinajstić information content (AvgIpc) is 2.49. The Morgan fingerprint density at radius 3 is 2.57 bits per heavy atom. The van der Waals surface area contributed by atoms with Crippen LogP contribution in [0.4, 0.5) is 17.1 Å². The van der Waals surface area contributed by atoms with E-state index in [1.807, 2.05) is 30.3 Å². The van der Waals surface area contributed by atoms with Crippen LogP contribution in [0.25, 0.3) is 10.8 Å². The van der Waals surface area contributed by atoms with Crippen molar-refractivity contribution in [3.63, 3.8) is 0 Å². The number of halogens is 1. The summed E-state index contributed by atoms with van der Waals surface area (Å²) >= 11 is 3.48. The Balaban J connectivity index is 1.96. The van der Waals surface area contributed by atoms with Crippen molar-refractivity contribution in [1.29, 1.82) is 0 Å². The molecule has 21 heavy (non-hydrogen) atoms. The number of methoxy groups -OCH3 is 1. The number of fused-ring (bicyclic) bond motifs is 1. The third-order valence-electron chi connectivity index (χ3n) is 3.37. The van der Waals surface area contributed by atoms with Crippen molar-refractivity contribution in [3.05, 3.63) is 59.1 Å². The summed E-state index contributed by atoms with van der Waals surface area (Å²) in [5, 5.41) is 5.70. The third kappa shape index (κ3) is 2.81. The van der Waals surface area contributed by atoms with E-state index in [4.69, 9.17) is 10.5 Å². The highest BCUT2D eigenvalue weighted by molar-refractivity contribution is 9.10. The SMILES string of the molecule is COc1cccc(Nc2ccc3cc(Br)ccc3c2)c1N. The van der Waals surface area contributed by atoms with Gasteiger partial charge in [-0.2, -0.15) is 0 Å². The van der Waals surface area contributed by atoms with Crippen LogP contribution in [0.3, 0.4) is 0 Å². The summed E-state index contributed by atoms with van der Waals surface area (Å²) in [4.78, 5) is 0. The number of nitrogens with two attached hydrogens (primary N) is 1. The van der Waals surface area contributed by atoms with Crippen molar-refractivity contribution in [1.82, 2.24) is 0 Å². The summed E-state index contributed by atoms with van der Waals surface area (Å²) < 4.78 is 6.31. The molecule has 3 N–H and O–H groups in total. The van der Waals surface area contributed by atoms with Crippen molar-refractivity contribution in [3.8, 4) is 5.75 Å². The molecule has 0 aromatic heterocycles. The van der Waals surface area contributed by atoms with Crippen LogP contribution < -0.4 is 15.8 Å². The number of ether oxygens (including phenoxy) is 1. The van der Waals surface area contributed by atoms with Crippen LogP contribution >= 0.6 is 15.9 Å². The van der Waals surface area contributed by atoms with Crippen LogP contribution in [0.5, 0.6) is 5.75 Å². The monoisotopic (exact) mass is 342 g/mol. The number of nitrogen functional groups attached to an aromatic ring is 1. The molecule has 0 spiro atoms. The summed E-state index contributed by atoms with van der Waals surface area (Å²) in [5.41, 5.74) is 8.52. The molecule has 0 heterocycles. The maximum Gasteiger partial charge on any atom is 0.143 e. The molecule has 0 unspecified atom stereocenters. The molecule has 0 amide bonds. The lowest BCUT2D eigenvalue weighted by atomic mass is 10.1. The van der Waals surface area contributed by atoms with Gasteiger partial charge in [-0.05, 0) is 47.2 Å². The molecule has 106 valence electrons. The second-order valence-electron chi connectivity index (χ2n) is 4.75. The van der Waals surface area contributed by atoms with E-state index < -0.39 is 0 Å². The minimum atomic E-state index is 0.607. The molecule has 0 aliphatic rings. The minimum Gasteiger partial charge on any atom is -0.495 e. The Labute approximate surface area is 131 Å². The van der Waals surface area contributed by atoms with Gasteiger partial charge in [0.05, 0.1) is 18.5 Å². The fraction of sp³-hybridized carbons (Fsp3) is 0.0588. The highest BCUT2D eigenvalue weighted by atomic mass is 79.9. The number of hydrogen-bond acceptors (Lipinski definition) is 3. The Hall–Kier alpha value is -2.20. The first-order chi connectivity index (χ1) is 10.2. The molecule has 0 fully saturated rings. The molecule has 4 heteroatoms. The first-order valence-corrected chi connectivity index (χ1v) is 7.35. The molecule has 0 bridgehead atoms. The number of hydrogen-bond donors (Lipinski definition) is 2. The zero-order valence-corrected chi connectivity index (χ0v) is 13.1. The van der Waals surface area contributed by atoms with Crippen molar-refractivity contribution in [2.45, 2.75) is 0 Å². The van der Waals surface area contributed by atoms with Crippen LogP contribution in [-0.4, -0.2) is 7.11 Å². The second-order valence-corrected chi connectivity index (χ2v) is 5.67. The lowest BCUT2D eigenvalue weighted by Gasteiger charge is -2.12. The number of anilines is 3. The fourth-order valence-corrected chi connectivity index (χ4v) is 2.66. The van der Waals surface area contributed by atoms with Gasteiger partial charge in [-0.3, -0.25) is 0 Å². The van der Waals surface area contributed by atoms with E-state index in [0.717, 1.165) is 15.8 Å². The smallest absolute Gasteiger partial charge is 0.143 e. The molecule has 3 aromatic carbocycles. The van der Waals surface area contributed by atoms with Crippen molar-refractivity contribution in [2.24, 2.45) is 0 Å². The summed E-state index contributed by atoms with van der Waals surface area (Å²) in [6.45, 7) is 0. The predicted octanol–water partition coefficient (Wildman–Crippen LogP) is 4.94. The molecule has 0 aliphatic carbocycles. The van der Waals surface area contributed by atoms with Crippen molar-refractivity contribution in [2.75, 3.05) is 18.2 Å². The molecule has 0 radical (unpaired) electrons. The average molecular weight is 343 g/mol. The van der Waals surface area contributed by atoms with Gasteiger partial charge in [0.25, 0.3) is 0 Å². The van der Waals surface area contributed by atoms with Gasteiger partial charge in [0.2, 0.25) is 0 Å². The zero-order valence-electron chi connectivity index (χ0n) is 11.6. The molecular formula is C17H15BrN2O. The quantitative estimate of drug-likeness (QED) is 0.663. The third-order valence-corrected chi connectivity index (χ3v) is 3.86. The summed E-state index contributed by atoms with van der Waals surface area (Å²) in [6.07, 6.45) is 0. The Kier molecular flexibility index (Phi) is 3.71. The summed E-state index contributed by atoms with van der Waals surface area (Å²) in [6, 6.07) is 18.1. The number of para-hydroxylation sites is 1. The van der Waals surface area contributed by atoms with E-state index in [0.29, 0.717) is 11.4 Å². The predicted molar refractivity (Wildman–Crippen MR) is 92.3 cm³/mol. The molecule has 0 saturated heterocycles. The fourth-order valence-electron chi connectivity index (χ4n) is 2.28. The molecule has 3 nitrogen and oxygen atoms in total. The highest BCUT2D eigenvalue weighted by Gasteiger charge is 2.05. The Morgan fingerprint density at radius 2 is 1.76 bits per heavy atom. The lowest BCUT2D eigenvalue weighted by molar-refractivity contribution is 0.417. The van der Waals surface area contributed by atoms with E-state index in [-0.39, 0.29) is 0 Å². The molecule has 3 rings (SSSR count). The molecular weight excluding hydrogens is 328 g/mol. The first kappa shape index (κ1) is 13.8. The maximum absolute atomic E-state index is 6.08. The molecule has 0 saturated carbocycles. The van der Waals surface area contributed by atoms with Gasteiger partial charge in [-0.1, -0.05) is 34.1 Å². The van der Waals surface area contributed by atoms with Crippen LogP contribution in [0.15, 0.2) is 59.1 Å². The van der Waals surface area contributed by atoms with Crippen molar-refractivity contribution >= 4 is 43.8 Å². The van der Waals surface area contributed by atoms with Crippen LogP contribution in [0, 0.1) is 0 Å². The van der Waals surface area contributed by atoms with E-state index >= 15 is 0 Å². The van der Waals surface area contributed by atoms with Gasteiger partial charge >= 0.3 is 0 Å². The number of benzene rings is 3. The van der Waals surface area contributed by atoms with E-state index in [9.17, 15) is 0 Å². The topological polar surface area (TPSA) is 47.3 Å². The van der Waals surface area contributed by atoms with Gasteiger partial charge in [-0.25, -0.2) is 0 Å². The standard InChI is InChI=1S/C17H15BrN2O/c1-21-16-4-2-3-15(17(16)19)20-14-8-6-11-9-13(18)7-5-12(11)10-14/h2-10,20H,19H2,1H3. The summed E-state index contributed by atoms with van der Waals surface area (Å²) in [5.74, 6) is 0.671. The van der Waals surface area contributed by atoms with Crippen LogP contribution in [0.1, 0.15) is 0 Å². The van der Waals surface area contributed by atoms with Crippen molar-refractivity contribution < 1.29 is 4.74 Å². The molecule has 0 atom stereocenters. The molecule has 0 aliphatic heterocycles. The Morgan fingerprint density at radius 1 is 1.00 bits per heavy atom. The van der Waals surface area contributed by atoms with Gasteiger partial charge in [0.15, 0.2) is 0 Å². The largest absolute Gasteiger partial charge is 0.495 e. The van der Waals surface area contributed by atoms with E-state index in [1.54, 1.807) is 7.11 Å². The molecule has 3 aromatic rings. The van der Waals surface area contributed by atoms with Gasteiger partial charge in [0, 0.05) is 10.2 Å². The second kappa shape index (κ2) is 5.66. The van der Waals surface area contributed by atoms with Gasteiger partial charge in [-0.15, -0.1) is 0 Å². The van der Waals surface area contributed by atoms with Gasteiger partial charge < -0.3 is 15.8 Å². The Bertz CT molecular complexity index is 802. The lowest BCUT2D eigenvalue weighted by Crippen LogP contribution is -1.98. The normalized spacial score (nSPS) is 10.6. The van der Waals surface area contributed by atoms with E-state index in [2.05, 4.69) is 45.5 Å². The van der Waals surface area contributed by atoms with Gasteiger partial charge in [0.1, 0.15) is 5.75 Å². The number of nitrogens with one attached hydrogen (secondary N) is 1. The number of rotatable bonds is 3. The maximum atomic E-state index is 6.08. The van der Waals surface area contributed by atoms with Crippen LogP contribution in [0.2, 0.25) is 0 Å². The highest BCUT2D eigenvalue weighted by Crippen LogP contribution is 2.32. The van der Waals surface area contributed by atoms with Crippen LogP contribution in [-0.2, 0) is 0 Å².